The summed E-state index contributed by atoms with van der Waals surface area (Å²) in [5, 5.41) is 7.08. The molecule has 126 valence electrons. The number of anilines is 1. The number of nitrogens with one attached hydrogen (secondary N) is 1. The molecule has 5 unspecified atom stereocenters. The minimum atomic E-state index is -0.153. The summed E-state index contributed by atoms with van der Waals surface area (Å²) in [6, 6.07) is 7.48. The normalized spacial score (nSPS) is 34.4. The monoisotopic (exact) mass is 335 g/mol. The van der Waals surface area contributed by atoms with Crippen LogP contribution < -0.4 is 5.32 Å². The van der Waals surface area contributed by atoms with Crippen LogP contribution in [0.4, 0.5) is 5.69 Å². The first-order valence-electron chi connectivity index (χ1n) is 9.00. The maximum Gasteiger partial charge on any atom is 0.260 e. The summed E-state index contributed by atoms with van der Waals surface area (Å²) in [7, 11) is 0. The number of para-hydroxylation sites is 1. The van der Waals surface area contributed by atoms with Gasteiger partial charge in [-0.25, -0.2) is 0 Å². The van der Waals surface area contributed by atoms with Gasteiger partial charge in [0.25, 0.3) is 5.89 Å². The van der Waals surface area contributed by atoms with Crippen LogP contribution in [0.25, 0.3) is 11.5 Å². The fourth-order valence-corrected chi connectivity index (χ4v) is 5.05. The summed E-state index contributed by atoms with van der Waals surface area (Å²) in [5.41, 5.74) is 1.41. The molecular formula is C19H17N3O3. The molecule has 5 atom stereocenters. The summed E-state index contributed by atoms with van der Waals surface area (Å²) < 4.78 is 5.41. The molecule has 5 saturated carbocycles. The van der Waals surface area contributed by atoms with Gasteiger partial charge in [-0.15, -0.1) is 0 Å². The minimum Gasteiger partial charge on any atom is -0.334 e. The Balaban J connectivity index is 1.28. The number of hydrogen-bond acceptors (Lipinski definition) is 5. The predicted molar refractivity (Wildman–Crippen MR) is 87.4 cm³/mol. The van der Waals surface area contributed by atoms with Crippen molar-refractivity contribution in [2.24, 2.45) is 29.6 Å². The van der Waals surface area contributed by atoms with E-state index in [0.29, 0.717) is 29.2 Å². The third-order valence-electron chi connectivity index (χ3n) is 6.40. The topological polar surface area (TPSA) is 85.1 Å². The van der Waals surface area contributed by atoms with Crippen molar-refractivity contribution in [1.29, 1.82) is 0 Å². The fourth-order valence-electron chi connectivity index (χ4n) is 5.05. The van der Waals surface area contributed by atoms with E-state index in [1.165, 1.54) is 0 Å². The Morgan fingerprint density at radius 1 is 1.24 bits per heavy atom. The van der Waals surface area contributed by atoms with Gasteiger partial charge in [0, 0.05) is 17.8 Å². The van der Waals surface area contributed by atoms with Gasteiger partial charge in [0.05, 0.1) is 17.2 Å². The van der Waals surface area contributed by atoms with Crippen LogP contribution in [0.2, 0.25) is 0 Å². The van der Waals surface area contributed by atoms with Crippen molar-refractivity contribution in [1.82, 2.24) is 10.1 Å². The molecule has 0 saturated heterocycles. The average molecular weight is 335 g/mol. The number of ketones is 1. The Bertz CT molecular complexity index is 916. The fraction of sp³-hybridized carbons (Fsp3) is 0.474. The third-order valence-corrected chi connectivity index (χ3v) is 6.40. The van der Waals surface area contributed by atoms with Gasteiger partial charge < -0.3 is 9.84 Å². The molecule has 1 heterocycles. The third kappa shape index (κ3) is 1.85. The number of hydrogen-bond donors (Lipinski definition) is 1. The van der Waals surface area contributed by atoms with Crippen LogP contribution in [-0.2, 0) is 9.59 Å². The lowest BCUT2D eigenvalue weighted by molar-refractivity contribution is -0.126. The standard InChI is InChI=1S/C19H17N3O3/c23-16-11-7-10-13(14(10)16)15(11)18(24)20-12-4-2-1-3-9(12)19-21-17(22-25-19)8-5-6-8/h1-4,8,10-11,13-15H,5-7H2,(H,20,24). The lowest BCUT2D eigenvalue weighted by Gasteiger charge is -2.15. The number of Topliss-reactive ketones (excluding diaryl/α,β-unsaturated/α-hetero) is 1. The zero-order valence-electron chi connectivity index (χ0n) is 13.5. The lowest BCUT2D eigenvalue weighted by atomic mass is 9.96. The van der Waals surface area contributed by atoms with Crippen molar-refractivity contribution in [3.8, 4) is 11.5 Å². The highest BCUT2D eigenvalue weighted by Crippen LogP contribution is 2.71. The van der Waals surface area contributed by atoms with Gasteiger partial charge in [-0.2, -0.15) is 4.98 Å². The second-order valence-corrected chi connectivity index (χ2v) is 7.80. The first-order chi connectivity index (χ1) is 12.2. The van der Waals surface area contributed by atoms with E-state index < -0.39 is 0 Å². The molecule has 1 aromatic carbocycles. The van der Waals surface area contributed by atoms with Crippen molar-refractivity contribution >= 4 is 17.4 Å². The van der Waals surface area contributed by atoms with Crippen LogP contribution in [0, 0.1) is 29.6 Å². The first kappa shape index (κ1) is 13.8. The highest BCUT2D eigenvalue weighted by molar-refractivity contribution is 6.04. The number of carbonyl (C=O) groups is 2. The van der Waals surface area contributed by atoms with Crippen molar-refractivity contribution < 1.29 is 14.1 Å². The van der Waals surface area contributed by atoms with Crippen molar-refractivity contribution in [2.75, 3.05) is 5.32 Å². The summed E-state index contributed by atoms with van der Waals surface area (Å²) in [4.78, 5) is 29.4. The zero-order valence-corrected chi connectivity index (χ0v) is 13.5. The lowest BCUT2D eigenvalue weighted by Crippen LogP contribution is -2.27. The van der Waals surface area contributed by atoms with Crippen molar-refractivity contribution in [3.63, 3.8) is 0 Å². The maximum absolute atomic E-state index is 12.8. The Morgan fingerprint density at radius 3 is 2.76 bits per heavy atom. The number of rotatable bonds is 4. The number of benzene rings is 1. The molecule has 25 heavy (non-hydrogen) atoms. The van der Waals surface area contributed by atoms with Gasteiger partial charge in [-0.3, -0.25) is 9.59 Å². The molecule has 6 heteroatoms. The van der Waals surface area contributed by atoms with E-state index in [9.17, 15) is 9.59 Å². The van der Waals surface area contributed by atoms with Crippen molar-refractivity contribution in [3.05, 3.63) is 30.1 Å². The average Bonchev–Trinajstić information content (AvgIpc) is 3.40. The second kappa shape index (κ2) is 4.56. The summed E-state index contributed by atoms with van der Waals surface area (Å²) in [6.45, 7) is 0. The van der Waals surface area contributed by atoms with E-state index in [1.807, 2.05) is 24.3 Å². The SMILES string of the molecule is O=C(Nc1ccccc1-c1nc(C2CC2)no1)C1C2CC3C(C2=O)C31. The molecule has 4 bridgehead atoms. The van der Waals surface area contributed by atoms with Crippen LogP contribution in [0.1, 0.15) is 31.0 Å². The molecule has 0 radical (unpaired) electrons. The van der Waals surface area contributed by atoms with E-state index in [-0.39, 0.29) is 29.6 Å². The van der Waals surface area contributed by atoms with Crippen LogP contribution in [0.5, 0.6) is 0 Å². The van der Waals surface area contributed by atoms with E-state index in [2.05, 4.69) is 15.5 Å². The summed E-state index contributed by atoms with van der Waals surface area (Å²) in [5.74, 6) is 2.60. The highest BCUT2D eigenvalue weighted by atomic mass is 16.5. The molecule has 0 aliphatic heterocycles. The highest BCUT2D eigenvalue weighted by Gasteiger charge is 2.75. The predicted octanol–water partition coefficient (Wildman–Crippen LogP) is 2.63. The number of amides is 1. The molecule has 6 nitrogen and oxygen atoms in total. The molecular weight excluding hydrogens is 318 g/mol. The van der Waals surface area contributed by atoms with E-state index in [4.69, 9.17) is 4.52 Å². The molecule has 2 aromatic rings. The molecule has 5 aliphatic rings. The van der Waals surface area contributed by atoms with Crippen molar-refractivity contribution in [2.45, 2.75) is 25.2 Å². The van der Waals surface area contributed by atoms with E-state index in [0.717, 1.165) is 30.7 Å². The van der Waals surface area contributed by atoms with Gasteiger partial charge >= 0.3 is 0 Å². The molecule has 7 rings (SSSR count). The Kier molecular flexibility index (Phi) is 2.51. The zero-order chi connectivity index (χ0) is 16.7. The molecule has 1 amide bonds. The van der Waals surface area contributed by atoms with Crippen LogP contribution in [-0.4, -0.2) is 21.8 Å². The minimum absolute atomic E-state index is 0.0415. The summed E-state index contributed by atoms with van der Waals surface area (Å²) in [6.07, 6.45) is 3.12. The van der Waals surface area contributed by atoms with Crippen LogP contribution >= 0.6 is 0 Å². The molecule has 0 spiro atoms. The Labute approximate surface area is 144 Å². The van der Waals surface area contributed by atoms with Gasteiger partial charge in [-0.1, -0.05) is 17.3 Å². The van der Waals surface area contributed by atoms with Gasteiger partial charge in [0.15, 0.2) is 5.82 Å². The van der Waals surface area contributed by atoms with Gasteiger partial charge in [0.1, 0.15) is 5.78 Å². The smallest absolute Gasteiger partial charge is 0.260 e. The second-order valence-electron chi connectivity index (χ2n) is 7.80. The Hall–Kier alpha value is -2.50. The molecule has 1 aromatic heterocycles. The molecule has 5 fully saturated rings. The number of aromatic nitrogens is 2. The molecule has 1 N–H and O–H groups in total. The van der Waals surface area contributed by atoms with E-state index in [1.54, 1.807) is 0 Å². The van der Waals surface area contributed by atoms with Crippen LogP contribution in [0.3, 0.4) is 0 Å². The van der Waals surface area contributed by atoms with Gasteiger partial charge in [-0.05, 0) is 43.2 Å². The quantitative estimate of drug-likeness (QED) is 0.928. The van der Waals surface area contributed by atoms with Crippen LogP contribution in [0.15, 0.2) is 28.8 Å². The number of carbonyl (C=O) groups excluding carboxylic acids is 2. The Morgan fingerprint density at radius 2 is 2.08 bits per heavy atom. The maximum atomic E-state index is 12.8. The largest absolute Gasteiger partial charge is 0.334 e. The number of nitrogens with zero attached hydrogens (tertiary/aromatic N) is 2. The first-order valence-corrected chi connectivity index (χ1v) is 9.00. The molecule has 5 aliphatic carbocycles. The summed E-state index contributed by atoms with van der Waals surface area (Å²) >= 11 is 0. The van der Waals surface area contributed by atoms with Gasteiger partial charge in [0.2, 0.25) is 5.91 Å². The van der Waals surface area contributed by atoms with E-state index >= 15 is 0 Å².